The second-order valence-corrected chi connectivity index (χ2v) is 7.07. The highest BCUT2D eigenvalue weighted by molar-refractivity contribution is 7.91. The molecule has 1 unspecified atom stereocenters. The molecule has 1 fully saturated rings. The van der Waals surface area contributed by atoms with Crippen LogP contribution in [0.5, 0.6) is 0 Å². The van der Waals surface area contributed by atoms with E-state index in [9.17, 15) is 22.8 Å². The van der Waals surface area contributed by atoms with Crippen LogP contribution in [0.3, 0.4) is 0 Å². The Bertz CT molecular complexity index is 678. The molecule has 1 aromatic rings. The van der Waals surface area contributed by atoms with Crippen molar-refractivity contribution < 1.29 is 27.9 Å². The van der Waals surface area contributed by atoms with E-state index in [1.54, 1.807) is 0 Å². The summed E-state index contributed by atoms with van der Waals surface area (Å²) < 4.78 is 26.0. The third-order valence-electron chi connectivity index (χ3n) is 2.59. The SMILES string of the molecule is O=C1CCC(NS(=O)(=O)c2ccc(C(=O)O)s2)C(=O)N1. The summed E-state index contributed by atoms with van der Waals surface area (Å²) in [6.07, 6.45) is 0.116. The minimum atomic E-state index is -3.99. The lowest BCUT2D eigenvalue weighted by atomic mass is 10.1. The maximum absolute atomic E-state index is 12.0. The van der Waals surface area contributed by atoms with Crippen LogP contribution in [0, 0.1) is 0 Å². The highest BCUT2D eigenvalue weighted by Gasteiger charge is 2.31. The van der Waals surface area contributed by atoms with E-state index in [2.05, 4.69) is 4.72 Å². The van der Waals surface area contributed by atoms with E-state index < -0.39 is 33.8 Å². The first kappa shape index (κ1) is 14.6. The molecule has 20 heavy (non-hydrogen) atoms. The smallest absolute Gasteiger partial charge is 0.345 e. The molecule has 1 aliphatic heterocycles. The van der Waals surface area contributed by atoms with Crippen molar-refractivity contribution in [3.63, 3.8) is 0 Å². The van der Waals surface area contributed by atoms with Crippen molar-refractivity contribution in [2.75, 3.05) is 0 Å². The highest BCUT2D eigenvalue weighted by atomic mass is 32.2. The average Bonchev–Trinajstić information content (AvgIpc) is 2.83. The zero-order valence-corrected chi connectivity index (χ0v) is 11.6. The number of sulfonamides is 1. The fourth-order valence-electron chi connectivity index (χ4n) is 1.63. The van der Waals surface area contributed by atoms with Gasteiger partial charge >= 0.3 is 5.97 Å². The van der Waals surface area contributed by atoms with Crippen LogP contribution in [0.4, 0.5) is 0 Å². The molecule has 1 aliphatic rings. The minimum Gasteiger partial charge on any atom is -0.477 e. The lowest BCUT2D eigenvalue weighted by Gasteiger charge is -2.21. The molecule has 1 atom stereocenters. The molecule has 2 rings (SSSR count). The van der Waals surface area contributed by atoms with Gasteiger partial charge < -0.3 is 5.11 Å². The van der Waals surface area contributed by atoms with Crippen LogP contribution in [0.15, 0.2) is 16.3 Å². The van der Waals surface area contributed by atoms with Crippen LogP contribution in [-0.4, -0.2) is 37.3 Å². The van der Waals surface area contributed by atoms with Crippen molar-refractivity contribution in [1.82, 2.24) is 10.0 Å². The van der Waals surface area contributed by atoms with E-state index in [1.165, 1.54) is 6.07 Å². The molecule has 0 saturated carbocycles. The fraction of sp³-hybridized carbons (Fsp3) is 0.300. The summed E-state index contributed by atoms with van der Waals surface area (Å²) in [4.78, 5) is 33.0. The van der Waals surface area contributed by atoms with Gasteiger partial charge in [0.2, 0.25) is 11.8 Å². The van der Waals surface area contributed by atoms with E-state index in [0.29, 0.717) is 11.3 Å². The largest absolute Gasteiger partial charge is 0.477 e. The number of nitrogens with one attached hydrogen (secondary N) is 2. The van der Waals surface area contributed by atoms with E-state index in [4.69, 9.17) is 5.11 Å². The second kappa shape index (κ2) is 5.31. The van der Waals surface area contributed by atoms with E-state index in [-0.39, 0.29) is 21.9 Å². The summed E-state index contributed by atoms with van der Waals surface area (Å²) in [5.41, 5.74) is 0. The van der Waals surface area contributed by atoms with Gasteiger partial charge in [-0.15, -0.1) is 11.3 Å². The molecule has 1 saturated heterocycles. The zero-order valence-electron chi connectivity index (χ0n) is 9.95. The van der Waals surface area contributed by atoms with Gasteiger partial charge in [0.25, 0.3) is 10.0 Å². The van der Waals surface area contributed by atoms with Crippen LogP contribution in [0.25, 0.3) is 0 Å². The summed E-state index contributed by atoms with van der Waals surface area (Å²) in [7, 11) is -3.99. The zero-order chi connectivity index (χ0) is 14.9. The quantitative estimate of drug-likeness (QED) is 0.644. The number of aromatic carboxylic acids is 1. The Morgan fingerprint density at radius 1 is 1.40 bits per heavy atom. The first-order valence-corrected chi connectivity index (χ1v) is 7.79. The standard InChI is InChI=1S/C10H10N2O6S2/c13-7-3-1-5(9(14)11-7)12-20(17,18)8-4-2-6(19-8)10(15)16/h2,4-5,12H,1,3H2,(H,15,16)(H,11,13,14). The number of imide groups is 1. The molecule has 10 heteroatoms. The van der Waals surface area contributed by atoms with E-state index >= 15 is 0 Å². The Balaban J connectivity index is 2.16. The Labute approximate surface area is 117 Å². The Kier molecular flexibility index (Phi) is 3.88. The molecule has 2 heterocycles. The number of carboxylic acids is 1. The number of carbonyl (C=O) groups is 3. The summed E-state index contributed by atoms with van der Waals surface area (Å²) in [5, 5.41) is 10.8. The first-order chi connectivity index (χ1) is 9.29. The molecule has 3 N–H and O–H groups in total. The number of hydrogen-bond acceptors (Lipinski definition) is 6. The van der Waals surface area contributed by atoms with Gasteiger partial charge in [-0.25, -0.2) is 13.2 Å². The molecule has 1 aromatic heterocycles. The average molecular weight is 318 g/mol. The molecule has 8 nitrogen and oxygen atoms in total. The number of carboxylic acid groups (broad SMARTS) is 1. The van der Waals surface area contributed by atoms with Gasteiger partial charge in [0.1, 0.15) is 15.1 Å². The van der Waals surface area contributed by atoms with Crippen molar-refractivity contribution in [3.8, 4) is 0 Å². The highest BCUT2D eigenvalue weighted by Crippen LogP contribution is 2.22. The van der Waals surface area contributed by atoms with E-state index in [1.807, 2.05) is 5.32 Å². The third-order valence-corrected chi connectivity index (χ3v) is 5.63. The van der Waals surface area contributed by atoms with Crippen molar-refractivity contribution >= 4 is 39.1 Å². The number of carbonyl (C=O) groups excluding carboxylic acids is 2. The van der Waals surface area contributed by atoms with Gasteiger partial charge in [-0.05, 0) is 18.6 Å². The number of piperidine rings is 1. The Morgan fingerprint density at radius 3 is 2.65 bits per heavy atom. The summed E-state index contributed by atoms with van der Waals surface area (Å²) in [6, 6.07) is 1.29. The topological polar surface area (TPSA) is 130 Å². The number of hydrogen-bond donors (Lipinski definition) is 3. The van der Waals surface area contributed by atoms with Crippen molar-refractivity contribution in [2.45, 2.75) is 23.1 Å². The van der Waals surface area contributed by atoms with Crippen LogP contribution in [0.2, 0.25) is 0 Å². The van der Waals surface area contributed by atoms with Gasteiger partial charge in [0, 0.05) is 6.42 Å². The Morgan fingerprint density at radius 2 is 2.10 bits per heavy atom. The Hall–Kier alpha value is -1.78. The molecular formula is C10H10N2O6S2. The molecule has 2 amide bonds. The van der Waals surface area contributed by atoms with Crippen LogP contribution in [0.1, 0.15) is 22.5 Å². The van der Waals surface area contributed by atoms with Crippen LogP contribution < -0.4 is 10.0 Å². The van der Waals surface area contributed by atoms with Crippen molar-refractivity contribution in [2.24, 2.45) is 0 Å². The van der Waals surface area contributed by atoms with Gasteiger partial charge in [-0.1, -0.05) is 0 Å². The predicted molar refractivity (Wildman–Crippen MR) is 67.8 cm³/mol. The normalized spacial score (nSPS) is 19.7. The monoisotopic (exact) mass is 318 g/mol. The van der Waals surface area contributed by atoms with E-state index in [0.717, 1.165) is 6.07 Å². The van der Waals surface area contributed by atoms with Gasteiger partial charge in [0.05, 0.1) is 0 Å². The lowest BCUT2D eigenvalue weighted by Crippen LogP contribution is -2.52. The molecule has 0 bridgehead atoms. The predicted octanol–water partition coefficient (Wildman–Crippen LogP) is -0.470. The molecule has 0 aliphatic carbocycles. The number of rotatable bonds is 4. The van der Waals surface area contributed by atoms with Crippen LogP contribution in [-0.2, 0) is 19.6 Å². The summed E-state index contributed by atoms with van der Waals surface area (Å²) in [6.45, 7) is 0. The number of thiophene rings is 1. The maximum atomic E-state index is 12.0. The lowest BCUT2D eigenvalue weighted by molar-refractivity contribution is -0.134. The van der Waals surface area contributed by atoms with Crippen molar-refractivity contribution in [1.29, 1.82) is 0 Å². The maximum Gasteiger partial charge on any atom is 0.345 e. The van der Waals surface area contributed by atoms with Gasteiger partial charge in [-0.2, -0.15) is 4.72 Å². The molecule has 0 radical (unpaired) electrons. The third kappa shape index (κ3) is 3.03. The molecular weight excluding hydrogens is 308 g/mol. The molecule has 0 spiro atoms. The minimum absolute atomic E-state index is 0.0454. The fourth-order valence-corrected chi connectivity index (χ4v) is 4.02. The molecule has 108 valence electrons. The van der Waals surface area contributed by atoms with Crippen molar-refractivity contribution in [3.05, 3.63) is 17.0 Å². The van der Waals surface area contributed by atoms with Gasteiger partial charge in [0.15, 0.2) is 0 Å². The summed E-state index contributed by atoms with van der Waals surface area (Å²) in [5.74, 6) is -2.38. The second-order valence-electron chi connectivity index (χ2n) is 4.05. The number of amides is 2. The molecule has 0 aromatic carbocycles. The van der Waals surface area contributed by atoms with Crippen LogP contribution >= 0.6 is 11.3 Å². The van der Waals surface area contributed by atoms with Gasteiger partial charge in [-0.3, -0.25) is 14.9 Å². The first-order valence-electron chi connectivity index (χ1n) is 5.49. The summed E-state index contributed by atoms with van der Waals surface area (Å²) >= 11 is 0.590.